The van der Waals surface area contributed by atoms with Gasteiger partial charge in [-0.2, -0.15) is 5.10 Å². The van der Waals surface area contributed by atoms with Gasteiger partial charge in [0.25, 0.3) is 0 Å². The third kappa shape index (κ3) is 3.82. The van der Waals surface area contributed by atoms with Crippen LogP contribution in [0.4, 0.5) is 29.3 Å². The number of urea groups is 1. The van der Waals surface area contributed by atoms with Gasteiger partial charge in [-0.1, -0.05) is 0 Å². The van der Waals surface area contributed by atoms with Gasteiger partial charge in [0.15, 0.2) is 23.3 Å². The van der Waals surface area contributed by atoms with Gasteiger partial charge in [-0.25, -0.2) is 22.9 Å². The summed E-state index contributed by atoms with van der Waals surface area (Å²) in [6, 6.07) is 0.762. The monoisotopic (exact) mass is 486 g/mol. The smallest absolute Gasteiger partial charge is 0.322 e. The van der Waals surface area contributed by atoms with Gasteiger partial charge in [0.05, 0.1) is 48.8 Å². The number of halogens is 3. The molecule has 4 heterocycles. The minimum Gasteiger partial charge on any atom is -0.449 e. The maximum absolute atomic E-state index is 13.7. The predicted molar refractivity (Wildman–Crippen MR) is 116 cm³/mol. The molecule has 35 heavy (non-hydrogen) atoms. The highest BCUT2D eigenvalue weighted by molar-refractivity contribution is 5.97. The molecule has 1 aliphatic carbocycles. The number of rotatable bonds is 4. The van der Waals surface area contributed by atoms with Crippen molar-refractivity contribution in [2.45, 2.75) is 44.3 Å². The molecule has 3 aliphatic rings. The van der Waals surface area contributed by atoms with Crippen molar-refractivity contribution in [2.24, 2.45) is 5.92 Å². The fourth-order valence-electron chi connectivity index (χ4n) is 4.97. The Morgan fingerprint density at radius 1 is 1.14 bits per heavy atom. The molecule has 2 atom stereocenters. The van der Waals surface area contributed by atoms with Crippen LogP contribution in [-0.2, 0) is 17.9 Å². The molecule has 12 heteroatoms. The fraction of sp³-hybridized carbons (Fsp3) is 0.391. The number of carbonyl (C=O) groups is 2. The van der Waals surface area contributed by atoms with Crippen LogP contribution in [0.1, 0.15) is 36.8 Å². The number of hydrogen-bond donors (Lipinski definition) is 1. The topological polar surface area (TPSA) is 96.5 Å². The van der Waals surface area contributed by atoms with Gasteiger partial charge in [-0.3, -0.25) is 9.48 Å². The molecule has 2 aliphatic heterocycles. The van der Waals surface area contributed by atoms with Gasteiger partial charge in [0, 0.05) is 30.8 Å². The lowest BCUT2D eigenvalue weighted by Crippen LogP contribution is -2.49. The molecule has 0 spiro atoms. The molecule has 0 unspecified atom stereocenters. The lowest BCUT2D eigenvalue weighted by Gasteiger charge is -2.37. The van der Waals surface area contributed by atoms with E-state index in [9.17, 15) is 22.8 Å². The third-order valence-corrected chi connectivity index (χ3v) is 6.89. The van der Waals surface area contributed by atoms with Crippen LogP contribution in [0.2, 0.25) is 0 Å². The van der Waals surface area contributed by atoms with Crippen LogP contribution in [0.15, 0.2) is 35.2 Å². The number of anilines is 2. The number of nitrogens with one attached hydrogen (secondary N) is 1. The van der Waals surface area contributed by atoms with E-state index in [1.807, 2.05) is 4.68 Å². The highest BCUT2D eigenvalue weighted by Crippen LogP contribution is 2.41. The number of benzene rings is 1. The van der Waals surface area contributed by atoms with Crippen molar-refractivity contribution >= 4 is 23.3 Å². The molecule has 3 amide bonds. The first-order valence-electron chi connectivity index (χ1n) is 11.4. The summed E-state index contributed by atoms with van der Waals surface area (Å²) < 4.78 is 47.8. The minimum absolute atomic E-state index is 0.0958. The lowest BCUT2D eigenvalue weighted by molar-refractivity contribution is -0.117. The number of amides is 3. The van der Waals surface area contributed by atoms with Gasteiger partial charge in [-0.05, 0) is 18.8 Å². The Morgan fingerprint density at radius 2 is 1.91 bits per heavy atom. The average Bonchev–Trinajstić information content (AvgIpc) is 3.20. The molecule has 1 aromatic carbocycles. The Hall–Kier alpha value is -3.83. The SMILES string of the molecule is O=C1C[C@@H](c2ncco2)CN1c1cnn2c1CN(C(=O)Nc1cc(F)c(F)c(F)c1)[C@H](C1CC1)C2. The van der Waals surface area contributed by atoms with E-state index in [1.165, 1.54) is 12.5 Å². The summed E-state index contributed by atoms with van der Waals surface area (Å²) in [7, 11) is 0. The predicted octanol–water partition coefficient (Wildman–Crippen LogP) is 3.64. The molecule has 3 aromatic rings. The van der Waals surface area contributed by atoms with Crippen LogP contribution in [0.5, 0.6) is 0 Å². The van der Waals surface area contributed by atoms with Crippen LogP contribution in [-0.4, -0.2) is 44.2 Å². The normalized spacial score (nSPS) is 22.0. The van der Waals surface area contributed by atoms with Gasteiger partial charge in [0.2, 0.25) is 5.91 Å². The van der Waals surface area contributed by atoms with E-state index in [-0.39, 0.29) is 42.4 Å². The lowest BCUT2D eigenvalue weighted by atomic mass is 10.1. The van der Waals surface area contributed by atoms with Crippen LogP contribution in [0.25, 0.3) is 0 Å². The van der Waals surface area contributed by atoms with Crippen LogP contribution >= 0.6 is 0 Å². The second-order valence-electron chi connectivity index (χ2n) is 9.15. The van der Waals surface area contributed by atoms with E-state index in [1.54, 1.807) is 16.0 Å². The summed E-state index contributed by atoms with van der Waals surface area (Å²) in [5.41, 5.74) is 1.12. The van der Waals surface area contributed by atoms with Crippen molar-refractivity contribution < 1.29 is 27.2 Å². The van der Waals surface area contributed by atoms with E-state index in [0.29, 0.717) is 30.4 Å². The Bertz CT molecular complexity index is 1280. The summed E-state index contributed by atoms with van der Waals surface area (Å²) in [4.78, 5) is 33.4. The zero-order chi connectivity index (χ0) is 24.3. The Labute approximate surface area is 197 Å². The first-order chi connectivity index (χ1) is 16.9. The van der Waals surface area contributed by atoms with E-state index in [4.69, 9.17) is 4.42 Å². The summed E-state index contributed by atoms with van der Waals surface area (Å²) in [6.07, 6.45) is 6.80. The molecule has 182 valence electrons. The van der Waals surface area contributed by atoms with Crippen LogP contribution in [0, 0.1) is 23.4 Å². The Morgan fingerprint density at radius 3 is 2.60 bits per heavy atom. The molecule has 1 N–H and O–H groups in total. The number of nitrogens with zero attached hydrogens (tertiary/aromatic N) is 5. The van der Waals surface area contributed by atoms with E-state index >= 15 is 0 Å². The molecule has 1 saturated heterocycles. The summed E-state index contributed by atoms with van der Waals surface area (Å²) in [6.45, 7) is 0.969. The second kappa shape index (κ2) is 8.14. The molecule has 1 saturated carbocycles. The molecular formula is C23H21F3N6O3. The number of carbonyl (C=O) groups excluding carboxylic acids is 2. The standard InChI is InChI=1S/C23H21F3N6O3/c24-15-6-14(7-16(25)21(15)26)29-23(34)31-10-19-17(8-28-32(19)11-18(31)12-1-2-12)30-9-13(5-20(30)33)22-27-3-4-35-22/h3-4,6-8,12-13,18H,1-2,5,9-11H2,(H,29,34)/t13-,18+/m1/s1. The van der Waals surface area contributed by atoms with Crippen molar-refractivity contribution in [1.29, 1.82) is 0 Å². The molecule has 9 nitrogen and oxygen atoms in total. The van der Waals surface area contributed by atoms with Gasteiger partial charge in [-0.15, -0.1) is 0 Å². The van der Waals surface area contributed by atoms with Crippen LogP contribution in [0.3, 0.4) is 0 Å². The van der Waals surface area contributed by atoms with E-state index in [0.717, 1.165) is 25.0 Å². The van der Waals surface area contributed by atoms with Crippen molar-refractivity contribution in [1.82, 2.24) is 19.7 Å². The van der Waals surface area contributed by atoms with Crippen molar-refractivity contribution in [3.8, 4) is 0 Å². The van der Waals surface area contributed by atoms with Gasteiger partial charge in [0.1, 0.15) is 6.26 Å². The Balaban J connectivity index is 1.26. The largest absolute Gasteiger partial charge is 0.449 e. The third-order valence-electron chi connectivity index (χ3n) is 6.89. The molecule has 0 bridgehead atoms. The molecule has 0 radical (unpaired) electrons. The first-order valence-corrected chi connectivity index (χ1v) is 11.4. The fourth-order valence-corrected chi connectivity index (χ4v) is 4.97. The number of hydrogen-bond acceptors (Lipinski definition) is 5. The van der Waals surface area contributed by atoms with E-state index < -0.39 is 23.5 Å². The van der Waals surface area contributed by atoms with Crippen LogP contribution < -0.4 is 10.2 Å². The number of aromatic nitrogens is 3. The highest BCUT2D eigenvalue weighted by atomic mass is 19.2. The quantitative estimate of drug-likeness (QED) is 0.568. The van der Waals surface area contributed by atoms with Crippen molar-refractivity contribution in [3.63, 3.8) is 0 Å². The summed E-state index contributed by atoms with van der Waals surface area (Å²) in [5.74, 6) is -3.86. The second-order valence-corrected chi connectivity index (χ2v) is 9.15. The van der Waals surface area contributed by atoms with Crippen molar-refractivity contribution in [3.05, 3.63) is 59.8 Å². The van der Waals surface area contributed by atoms with Crippen molar-refractivity contribution in [2.75, 3.05) is 16.8 Å². The summed E-state index contributed by atoms with van der Waals surface area (Å²) in [5, 5.41) is 6.97. The minimum atomic E-state index is -1.59. The van der Waals surface area contributed by atoms with Gasteiger partial charge >= 0.3 is 6.03 Å². The number of fused-ring (bicyclic) bond motifs is 1. The number of oxazole rings is 1. The Kier molecular flexibility index (Phi) is 5.04. The van der Waals surface area contributed by atoms with E-state index in [2.05, 4.69) is 15.4 Å². The first kappa shape index (κ1) is 21.7. The maximum atomic E-state index is 13.7. The zero-order valence-corrected chi connectivity index (χ0v) is 18.5. The zero-order valence-electron chi connectivity index (χ0n) is 18.5. The molecule has 2 fully saturated rings. The van der Waals surface area contributed by atoms with Gasteiger partial charge < -0.3 is 19.5 Å². The maximum Gasteiger partial charge on any atom is 0.322 e. The highest BCUT2D eigenvalue weighted by Gasteiger charge is 2.43. The summed E-state index contributed by atoms with van der Waals surface area (Å²) >= 11 is 0. The molecule has 2 aromatic heterocycles. The molecular weight excluding hydrogens is 465 g/mol. The molecule has 6 rings (SSSR count). The average molecular weight is 486 g/mol.